The Hall–Kier alpha value is 0.982. The standard InChI is InChI=1S/Cd.HO2P/c;1-3-2/h;3H/p+1. The van der Waals surface area contributed by atoms with Crippen LogP contribution in [0.25, 0.3) is 0 Å². The van der Waals surface area contributed by atoms with E-state index in [0.717, 1.165) is 0 Å². The molecule has 0 aromatic heterocycles. The zero-order chi connectivity index (χ0) is 2.71. The zero-order valence-corrected chi connectivity index (χ0v) is 7.10. The molecule has 0 fully saturated rings. The molecule has 0 rings (SSSR count). The van der Waals surface area contributed by atoms with Crippen molar-refractivity contribution < 1.29 is 36.8 Å². The first-order valence-electron chi connectivity index (χ1n) is 0.428. The molecule has 0 saturated carbocycles. The van der Waals surface area contributed by atoms with Crippen molar-refractivity contribution in [2.24, 2.45) is 0 Å². The molecular formula is H2CdO2P+. The largest absolute Gasteiger partial charge is 0.491 e. The molecule has 4 heteroatoms. The van der Waals surface area contributed by atoms with Crippen molar-refractivity contribution in [2.45, 2.75) is 0 Å². The Bertz CT molecular complexity index is 13.5. The third-order valence-electron chi connectivity index (χ3n) is 0. The van der Waals surface area contributed by atoms with Crippen molar-refractivity contribution in [3.8, 4) is 0 Å². The predicted molar refractivity (Wildman–Crippen MR) is 11.2 cm³/mol. The Morgan fingerprint density at radius 2 is 1.75 bits per heavy atom. The molecule has 0 bridgehead atoms. The van der Waals surface area contributed by atoms with Crippen molar-refractivity contribution in [3.05, 3.63) is 0 Å². The summed E-state index contributed by atoms with van der Waals surface area (Å²) in [4.78, 5) is 7.04. The molecule has 0 saturated heterocycles. The van der Waals surface area contributed by atoms with E-state index in [9.17, 15) is 0 Å². The fraction of sp³-hybridized carbons (Fsp3) is 0. The van der Waals surface area contributed by atoms with Gasteiger partial charge in [0.15, 0.2) is 0 Å². The summed E-state index contributed by atoms with van der Waals surface area (Å²) in [6, 6.07) is 0. The molecule has 20 valence electrons. The molecule has 0 heterocycles. The second kappa shape index (κ2) is 9.01. The normalized spacial score (nSPS) is 5.25. The third-order valence-corrected chi connectivity index (χ3v) is 0. The summed E-state index contributed by atoms with van der Waals surface area (Å²) in [6.07, 6.45) is 0. The zero-order valence-electron chi connectivity index (χ0n) is 2.06. The predicted octanol–water partition coefficient (Wildman–Crippen LogP) is -0.0848. The minimum atomic E-state index is -1.17. The van der Waals surface area contributed by atoms with Crippen LogP contribution in [0.1, 0.15) is 0 Å². The molecule has 0 aromatic rings. The van der Waals surface area contributed by atoms with Crippen LogP contribution in [0.5, 0.6) is 0 Å². The van der Waals surface area contributed by atoms with Gasteiger partial charge >= 0.3 is 8.69 Å². The number of hydrogen-bond acceptors (Lipinski definition) is 1. The molecule has 0 aliphatic heterocycles. The van der Waals surface area contributed by atoms with E-state index in [-0.39, 0.29) is 27.3 Å². The molecule has 0 spiro atoms. The van der Waals surface area contributed by atoms with Gasteiger partial charge in [0, 0.05) is 27.3 Å². The third kappa shape index (κ3) is 12.1. The van der Waals surface area contributed by atoms with Gasteiger partial charge in [0.1, 0.15) is 0 Å². The average molecular weight is 177 g/mol. The van der Waals surface area contributed by atoms with Gasteiger partial charge in [0.25, 0.3) is 0 Å². The molecule has 0 aromatic carbocycles. The Morgan fingerprint density at radius 3 is 1.75 bits per heavy atom. The Balaban J connectivity index is 0. The first-order valence-corrected chi connectivity index (χ1v) is 1.28. The van der Waals surface area contributed by atoms with Crippen molar-refractivity contribution >= 4 is 8.69 Å². The molecule has 1 unspecified atom stereocenters. The monoisotopic (exact) mass is 179 g/mol. The van der Waals surface area contributed by atoms with Crippen LogP contribution in [0, 0.1) is 0 Å². The van der Waals surface area contributed by atoms with E-state index in [1.54, 1.807) is 0 Å². The SMILES string of the molecule is O=[PH+]O.[Cd]. The van der Waals surface area contributed by atoms with E-state index in [1.165, 1.54) is 0 Å². The smallest absolute Gasteiger partial charge is 0.162 e. The number of hydrogen-bond donors (Lipinski definition) is 1. The van der Waals surface area contributed by atoms with Crippen LogP contribution in [0.2, 0.25) is 0 Å². The van der Waals surface area contributed by atoms with E-state index in [1.807, 2.05) is 0 Å². The van der Waals surface area contributed by atoms with Crippen LogP contribution in [-0.2, 0) is 31.9 Å². The maximum atomic E-state index is 8.51. The summed E-state index contributed by atoms with van der Waals surface area (Å²) in [5.74, 6) is 0. The quantitative estimate of drug-likeness (QED) is 0.415. The molecule has 1 atom stereocenters. The van der Waals surface area contributed by atoms with Crippen molar-refractivity contribution in [2.75, 3.05) is 0 Å². The first kappa shape index (κ1) is 8.88. The first-order chi connectivity index (χ1) is 1.41. The molecule has 0 amide bonds. The van der Waals surface area contributed by atoms with E-state index in [0.29, 0.717) is 0 Å². The minimum absolute atomic E-state index is 0. The maximum absolute atomic E-state index is 8.51. The second-order valence-corrected chi connectivity index (χ2v) is 0.274. The van der Waals surface area contributed by atoms with Gasteiger partial charge in [-0.05, 0) is 4.57 Å². The van der Waals surface area contributed by atoms with Crippen LogP contribution in [0.4, 0.5) is 0 Å². The van der Waals surface area contributed by atoms with Crippen LogP contribution in [0.15, 0.2) is 0 Å². The van der Waals surface area contributed by atoms with Crippen LogP contribution in [0.3, 0.4) is 0 Å². The van der Waals surface area contributed by atoms with Gasteiger partial charge in [-0.3, -0.25) is 0 Å². The van der Waals surface area contributed by atoms with Gasteiger partial charge in [-0.15, -0.1) is 0 Å². The summed E-state index contributed by atoms with van der Waals surface area (Å²) >= 11 is 0. The molecule has 0 radical (unpaired) electrons. The van der Waals surface area contributed by atoms with Gasteiger partial charge in [0.05, 0.1) is 0 Å². The Labute approximate surface area is 45.7 Å². The van der Waals surface area contributed by atoms with Crippen molar-refractivity contribution in [3.63, 3.8) is 0 Å². The summed E-state index contributed by atoms with van der Waals surface area (Å²) in [7, 11) is -1.17. The topological polar surface area (TPSA) is 37.3 Å². The van der Waals surface area contributed by atoms with E-state index >= 15 is 0 Å². The summed E-state index contributed by atoms with van der Waals surface area (Å²) in [5.41, 5.74) is 0. The van der Waals surface area contributed by atoms with E-state index in [4.69, 9.17) is 9.46 Å². The van der Waals surface area contributed by atoms with Gasteiger partial charge in [-0.1, -0.05) is 0 Å². The summed E-state index contributed by atoms with van der Waals surface area (Å²) < 4.78 is 8.51. The maximum Gasteiger partial charge on any atom is 0.491 e. The fourth-order valence-electron chi connectivity index (χ4n) is 0. The van der Waals surface area contributed by atoms with Gasteiger partial charge in [0.2, 0.25) is 0 Å². The molecule has 2 nitrogen and oxygen atoms in total. The van der Waals surface area contributed by atoms with Gasteiger partial charge in [-0.25, -0.2) is 0 Å². The molecular weight excluding hydrogens is 175 g/mol. The molecule has 0 aliphatic rings. The summed E-state index contributed by atoms with van der Waals surface area (Å²) in [5, 5.41) is 0. The van der Waals surface area contributed by atoms with Crippen molar-refractivity contribution in [1.82, 2.24) is 0 Å². The van der Waals surface area contributed by atoms with Gasteiger partial charge < -0.3 is 0 Å². The fourth-order valence-corrected chi connectivity index (χ4v) is 0. The molecule has 4 heavy (non-hydrogen) atoms. The molecule has 1 N–H and O–H groups in total. The Morgan fingerprint density at radius 1 is 1.75 bits per heavy atom. The van der Waals surface area contributed by atoms with Gasteiger partial charge in [-0.2, -0.15) is 4.89 Å². The molecule has 0 aliphatic carbocycles. The minimum Gasteiger partial charge on any atom is -0.162 e. The van der Waals surface area contributed by atoms with Crippen LogP contribution < -0.4 is 0 Å². The second-order valence-electron chi connectivity index (χ2n) is 0.0913. The van der Waals surface area contributed by atoms with E-state index in [2.05, 4.69) is 0 Å². The number of rotatable bonds is 0. The van der Waals surface area contributed by atoms with Crippen LogP contribution in [-0.4, -0.2) is 4.89 Å². The van der Waals surface area contributed by atoms with Crippen LogP contribution >= 0.6 is 8.69 Å². The van der Waals surface area contributed by atoms with E-state index < -0.39 is 8.69 Å². The average Bonchev–Trinajstić information content (AvgIpc) is 0.918. The van der Waals surface area contributed by atoms with Crippen molar-refractivity contribution in [1.29, 1.82) is 0 Å². The summed E-state index contributed by atoms with van der Waals surface area (Å²) in [6.45, 7) is 0. The Kier molecular flexibility index (Phi) is 20.0.